The standard InChI is InChI=1S/C19H22N2O2/c1-14-6-8-15(9-7-14)23-16-10-12-21(13-11-16)19(22)17-4-2-3-5-18(17)20/h2-9,16H,10-13,20H2,1H3. The number of likely N-dealkylation sites (tertiary alicyclic amines) is 1. The molecule has 0 atom stereocenters. The number of rotatable bonds is 3. The van der Waals surface area contributed by atoms with Crippen LogP contribution < -0.4 is 10.5 Å². The molecule has 0 saturated carbocycles. The van der Waals surface area contributed by atoms with E-state index in [-0.39, 0.29) is 12.0 Å². The van der Waals surface area contributed by atoms with Crippen molar-refractivity contribution in [3.8, 4) is 5.75 Å². The summed E-state index contributed by atoms with van der Waals surface area (Å²) < 4.78 is 6.01. The molecular formula is C19H22N2O2. The minimum Gasteiger partial charge on any atom is -0.490 e. The van der Waals surface area contributed by atoms with Crippen LogP contribution in [0.1, 0.15) is 28.8 Å². The molecule has 2 N–H and O–H groups in total. The average molecular weight is 310 g/mol. The molecule has 0 bridgehead atoms. The van der Waals surface area contributed by atoms with Crippen LogP contribution in [0.3, 0.4) is 0 Å². The molecule has 3 rings (SSSR count). The highest BCUT2D eigenvalue weighted by atomic mass is 16.5. The lowest BCUT2D eigenvalue weighted by molar-refractivity contribution is 0.0596. The molecule has 1 aliphatic heterocycles. The van der Waals surface area contributed by atoms with E-state index in [4.69, 9.17) is 10.5 Å². The summed E-state index contributed by atoms with van der Waals surface area (Å²) in [5.41, 5.74) is 8.24. The zero-order valence-electron chi connectivity index (χ0n) is 13.4. The molecular weight excluding hydrogens is 288 g/mol. The number of hydrogen-bond donors (Lipinski definition) is 1. The Morgan fingerprint density at radius 1 is 1.09 bits per heavy atom. The minimum atomic E-state index is 0.0110. The Labute approximate surface area is 136 Å². The van der Waals surface area contributed by atoms with Gasteiger partial charge in [-0.1, -0.05) is 29.8 Å². The number of carbonyl (C=O) groups is 1. The van der Waals surface area contributed by atoms with Crippen LogP contribution in [0, 0.1) is 6.92 Å². The van der Waals surface area contributed by atoms with Gasteiger partial charge in [0.1, 0.15) is 11.9 Å². The lowest BCUT2D eigenvalue weighted by Gasteiger charge is -2.32. The van der Waals surface area contributed by atoms with Crippen molar-refractivity contribution in [3.63, 3.8) is 0 Å². The summed E-state index contributed by atoms with van der Waals surface area (Å²) in [4.78, 5) is 14.4. The lowest BCUT2D eigenvalue weighted by atomic mass is 10.1. The molecule has 4 nitrogen and oxygen atoms in total. The van der Waals surface area contributed by atoms with Crippen LogP contribution in [0.25, 0.3) is 0 Å². The molecule has 1 amide bonds. The SMILES string of the molecule is Cc1ccc(OC2CCN(C(=O)c3ccccc3N)CC2)cc1. The number of nitrogens with zero attached hydrogens (tertiary/aromatic N) is 1. The number of anilines is 1. The van der Waals surface area contributed by atoms with Crippen LogP contribution in [-0.4, -0.2) is 30.0 Å². The molecule has 120 valence electrons. The number of nitrogens with two attached hydrogens (primary N) is 1. The normalized spacial score (nSPS) is 15.4. The molecule has 1 saturated heterocycles. The Morgan fingerprint density at radius 2 is 1.74 bits per heavy atom. The Balaban J connectivity index is 1.57. The summed E-state index contributed by atoms with van der Waals surface area (Å²) in [6.45, 7) is 3.45. The van der Waals surface area contributed by atoms with Gasteiger partial charge in [0.2, 0.25) is 0 Å². The lowest BCUT2D eigenvalue weighted by Crippen LogP contribution is -2.42. The number of hydrogen-bond acceptors (Lipinski definition) is 3. The molecule has 0 radical (unpaired) electrons. The summed E-state index contributed by atoms with van der Waals surface area (Å²) >= 11 is 0. The zero-order chi connectivity index (χ0) is 16.2. The van der Waals surface area contributed by atoms with Gasteiger partial charge in [0, 0.05) is 31.6 Å². The third-order valence-electron chi connectivity index (χ3n) is 4.24. The Bertz CT molecular complexity index is 674. The molecule has 2 aromatic carbocycles. The van der Waals surface area contributed by atoms with Crippen LogP contribution >= 0.6 is 0 Å². The molecule has 0 spiro atoms. The van der Waals surface area contributed by atoms with Gasteiger partial charge in [0.15, 0.2) is 0 Å². The monoisotopic (exact) mass is 310 g/mol. The fourth-order valence-electron chi connectivity index (χ4n) is 2.85. The zero-order valence-corrected chi connectivity index (χ0v) is 13.4. The molecule has 23 heavy (non-hydrogen) atoms. The number of aryl methyl sites for hydroxylation is 1. The summed E-state index contributed by atoms with van der Waals surface area (Å²) in [6, 6.07) is 15.3. The van der Waals surface area contributed by atoms with Gasteiger partial charge in [-0.05, 0) is 31.2 Å². The second kappa shape index (κ2) is 6.73. The summed E-state index contributed by atoms with van der Waals surface area (Å²) in [6.07, 6.45) is 1.84. The van der Waals surface area contributed by atoms with Crippen LogP contribution in [0.4, 0.5) is 5.69 Å². The highest BCUT2D eigenvalue weighted by Crippen LogP contribution is 2.22. The molecule has 0 unspecified atom stereocenters. The van der Waals surface area contributed by atoms with E-state index in [1.54, 1.807) is 12.1 Å². The fourth-order valence-corrected chi connectivity index (χ4v) is 2.85. The predicted molar refractivity (Wildman–Crippen MR) is 91.6 cm³/mol. The van der Waals surface area contributed by atoms with E-state index in [0.29, 0.717) is 24.3 Å². The number of carbonyl (C=O) groups excluding carboxylic acids is 1. The first-order chi connectivity index (χ1) is 11.1. The van der Waals surface area contributed by atoms with Crippen molar-refractivity contribution < 1.29 is 9.53 Å². The van der Waals surface area contributed by atoms with E-state index >= 15 is 0 Å². The van der Waals surface area contributed by atoms with Gasteiger partial charge < -0.3 is 15.4 Å². The first-order valence-corrected chi connectivity index (χ1v) is 8.00. The molecule has 0 aromatic heterocycles. The predicted octanol–water partition coefficient (Wildman–Crippen LogP) is 3.26. The summed E-state index contributed by atoms with van der Waals surface area (Å²) in [5.74, 6) is 0.907. The van der Waals surface area contributed by atoms with Crippen molar-refractivity contribution in [3.05, 3.63) is 59.7 Å². The van der Waals surface area contributed by atoms with Crippen molar-refractivity contribution in [2.45, 2.75) is 25.9 Å². The van der Waals surface area contributed by atoms with Crippen molar-refractivity contribution >= 4 is 11.6 Å². The molecule has 1 aliphatic rings. The van der Waals surface area contributed by atoms with Crippen LogP contribution in [0.15, 0.2) is 48.5 Å². The second-order valence-corrected chi connectivity index (χ2v) is 6.01. The van der Waals surface area contributed by atoms with Gasteiger partial charge in [-0.3, -0.25) is 4.79 Å². The molecule has 1 heterocycles. The largest absolute Gasteiger partial charge is 0.490 e. The average Bonchev–Trinajstić information content (AvgIpc) is 2.57. The molecule has 2 aromatic rings. The van der Waals surface area contributed by atoms with E-state index in [1.807, 2.05) is 41.3 Å². The Morgan fingerprint density at radius 3 is 2.39 bits per heavy atom. The van der Waals surface area contributed by atoms with E-state index < -0.39 is 0 Å². The van der Waals surface area contributed by atoms with Gasteiger partial charge in [0.25, 0.3) is 5.91 Å². The van der Waals surface area contributed by atoms with Crippen LogP contribution in [0.5, 0.6) is 5.75 Å². The number of piperidine rings is 1. The van der Waals surface area contributed by atoms with Crippen LogP contribution in [0.2, 0.25) is 0 Å². The number of nitrogen functional groups attached to an aromatic ring is 1. The number of para-hydroxylation sites is 1. The van der Waals surface area contributed by atoms with Crippen molar-refractivity contribution in [1.29, 1.82) is 0 Å². The quantitative estimate of drug-likeness (QED) is 0.885. The molecule has 1 fully saturated rings. The van der Waals surface area contributed by atoms with Crippen LogP contribution in [-0.2, 0) is 0 Å². The number of ether oxygens (including phenoxy) is 1. The molecule has 0 aliphatic carbocycles. The van der Waals surface area contributed by atoms with Gasteiger partial charge in [-0.2, -0.15) is 0 Å². The van der Waals surface area contributed by atoms with Crippen molar-refractivity contribution in [2.24, 2.45) is 0 Å². The smallest absolute Gasteiger partial charge is 0.255 e. The first kappa shape index (κ1) is 15.4. The van der Waals surface area contributed by atoms with Crippen molar-refractivity contribution in [1.82, 2.24) is 4.90 Å². The second-order valence-electron chi connectivity index (χ2n) is 6.01. The Hall–Kier alpha value is -2.49. The first-order valence-electron chi connectivity index (χ1n) is 8.00. The number of benzene rings is 2. The third kappa shape index (κ3) is 3.65. The van der Waals surface area contributed by atoms with E-state index in [9.17, 15) is 4.79 Å². The maximum atomic E-state index is 12.5. The van der Waals surface area contributed by atoms with Gasteiger partial charge in [0.05, 0.1) is 5.56 Å². The Kier molecular flexibility index (Phi) is 4.51. The highest BCUT2D eigenvalue weighted by molar-refractivity contribution is 5.99. The topological polar surface area (TPSA) is 55.6 Å². The van der Waals surface area contributed by atoms with Gasteiger partial charge >= 0.3 is 0 Å². The highest BCUT2D eigenvalue weighted by Gasteiger charge is 2.25. The minimum absolute atomic E-state index is 0.0110. The van der Waals surface area contributed by atoms with Gasteiger partial charge in [-0.25, -0.2) is 0 Å². The summed E-state index contributed by atoms with van der Waals surface area (Å²) in [7, 11) is 0. The fraction of sp³-hybridized carbons (Fsp3) is 0.316. The van der Waals surface area contributed by atoms with Gasteiger partial charge in [-0.15, -0.1) is 0 Å². The summed E-state index contributed by atoms with van der Waals surface area (Å²) in [5, 5.41) is 0. The molecule has 4 heteroatoms. The maximum absolute atomic E-state index is 12.5. The number of amides is 1. The van der Waals surface area contributed by atoms with Crippen molar-refractivity contribution in [2.75, 3.05) is 18.8 Å². The van der Waals surface area contributed by atoms with E-state index in [0.717, 1.165) is 18.6 Å². The van der Waals surface area contributed by atoms with E-state index in [2.05, 4.69) is 6.92 Å². The maximum Gasteiger partial charge on any atom is 0.255 e. The van der Waals surface area contributed by atoms with E-state index in [1.165, 1.54) is 5.56 Å². The third-order valence-corrected chi connectivity index (χ3v) is 4.24.